The SMILES string of the molecule is CC(C)(C)C1=NN(c2ccc(C(=O)NC3CCCCC(C(=O)NC4CCCCCC4)C3)cc2)C(=O)C1. The minimum atomic E-state index is -0.159. The second-order valence-electron chi connectivity index (χ2n) is 11.8. The second kappa shape index (κ2) is 11.6. The molecule has 1 aromatic carbocycles. The van der Waals surface area contributed by atoms with Crippen LogP contribution in [0.3, 0.4) is 0 Å². The molecule has 1 aromatic rings. The molecule has 0 spiro atoms. The molecular formula is C29H42N4O3. The molecule has 7 nitrogen and oxygen atoms in total. The van der Waals surface area contributed by atoms with Crippen molar-refractivity contribution in [2.45, 2.75) is 110 Å². The third-order valence-corrected chi connectivity index (χ3v) is 7.85. The molecule has 2 saturated carbocycles. The maximum Gasteiger partial charge on any atom is 0.253 e. The highest BCUT2D eigenvalue weighted by Crippen LogP contribution is 2.29. The molecule has 2 fully saturated rings. The Hall–Kier alpha value is -2.70. The molecule has 0 aromatic heterocycles. The average molecular weight is 495 g/mol. The van der Waals surface area contributed by atoms with Crippen LogP contribution in [0.1, 0.15) is 108 Å². The van der Waals surface area contributed by atoms with Crippen molar-refractivity contribution < 1.29 is 14.4 Å². The summed E-state index contributed by atoms with van der Waals surface area (Å²) in [5.74, 6) is -0.0656. The number of hydrogen-bond donors (Lipinski definition) is 2. The molecule has 2 N–H and O–H groups in total. The molecule has 7 heteroatoms. The summed E-state index contributed by atoms with van der Waals surface area (Å²) >= 11 is 0. The second-order valence-corrected chi connectivity index (χ2v) is 11.8. The highest BCUT2D eigenvalue weighted by Gasteiger charge is 2.32. The van der Waals surface area contributed by atoms with E-state index >= 15 is 0 Å². The number of hydrazone groups is 1. The van der Waals surface area contributed by atoms with Gasteiger partial charge in [-0.1, -0.05) is 59.3 Å². The van der Waals surface area contributed by atoms with E-state index in [-0.39, 0.29) is 35.1 Å². The predicted octanol–water partition coefficient (Wildman–Crippen LogP) is 5.34. The molecule has 196 valence electrons. The number of nitrogens with one attached hydrogen (secondary N) is 2. The number of rotatable bonds is 5. The smallest absolute Gasteiger partial charge is 0.253 e. The molecule has 3 aliphatic rings. The minimum absolute atomic E-state index is 0.0105. The zero-order valence-electron chi connectivity index (χ0n) is 22.1. The first-order valence-corrected chi connectivity index (χ1v) is 13.8. The molecule has 2 atom stereocenters. The third-order valence-electron chi connectivity index (χ3n) is 7.85. The van der Waals surface area contributed by atoms with E-state index in [0.29, 0.717) is 30.1 Å². The van der Waals surface area contributed by atoms with Crippen LogP contribution in [0, 0.1) is 11.3 Å². The first-order chi connectivity index (χ1) is 17.2. The number of carbonyl (C=O) groups excluding carboxylic acids is 3. The molecule has 1 heterocycles. The van der Waals surface area contributed by atoms with Crippen molar-refractivity contribution in [2.24, 2.45) is 16.4 Å². The average Bonchev–Trinajstić information content (AvgIpc) is 3.00. The standard InChI is InChI=1S/C29H42N4O3/c1-29(2,3)25-19-26(34)33(32-25)24-16-14-20(15-17-24)27(35)31-23-13-9-8-10-21(18-23)28(36)30-22-11-6-4-5-7-12-22/h14-17,21-23H,4-13,18-19H2,1-3H3,(H,30,36)(H,31,35). The van der Waals surface area contributed by atoms with Crippen molar-refractivity contribution >= 4 is 29.1 Å². The quantitative estimate of drug-likeness (QED) is 0.541. The van der Waals surface area contributed by atoms with E-state index in [1.54, 1.807) is 24.3 Å². The fourth-order valence-corrected chi connectivity index (χ4v) is 5.54. The lowest BCUT2D eigenvalue weighted by Crippen LogP contribution is -2.42. The van der Waals surface area contributed by atoms with E-state index in [2.05, 4.69) is 36.5 Å². The number of anilines is 1. The van der Waals surface area contributed by atoms with Gasteiger partial charge < -0.3 is 10.6 Å². The summed E-state index contributed by atoms with van der Waals surface area (Å²) in [6.07, 6.45) is 11.9. The van der Waals surface area contributed by atoms with Gasteiger partial charge in [-0.05, 0) is 56.4 Å². The van der Waals surface area contributed by atoms with Gasteiger partial charge in [-0.15, -0.1) is 0 Å². The van der Waals surface area contributed by atoms with Crippen LogP contribution in [0.15, 0.2) is 29.4 Å². The Kier molecular flexibility index (Phi) is 8.47. The molecule has 1 aliphatic heterocycles. The largest absolute Gasteiger partial charge is 0.353 e. The number of amides is 3. The third kappa shape index (κ3) is 6.74. The molecule has 36 heavy (non-hydrogen) atoms. The summed E-state index contributed by atoms with van der Waals surface area (Å²) in [5.41, 5.74) is 1.92. The van der Waals surface area contributed by atoms with E-state index in [4.69, 9.17) is 0 Å². The van der Waals surface area contributed by atoms with Crippen molar-refractivity contribution in [3.63, 3.8) is 0 Å². The Balaban J connectivity index is 1.34. The van der Waals surface area contributed by atoms with Crippen LogP contribution in [0.2, 0.25) is 0 Å². The molecule has 2 unspecified atom stereocenters. The van der Waals surface area contributed by atoms with Crippen LogP contribution in [0.25, 0.3) is 0 Å². The maximum atomic E-state index is 13.0. The van der Waals surface area contributed by atoms with Crippen molar-refractivity contribution in [3.05, 3.63) is 29.8 Å². The molecule has 3 amide bonds. The Morgan fingerprint density at radius 3 is 2.11 bits per heavy atom. The summed E-state index contributed by atoms with van der Waals surface area (Å²) in [5, 5.41) is 12.4. The molecule has 0 bridgehead atoms. The van der Waals surface area contributed by atoms with Crippen molar-refractivity contribution in [1.29, 1.82) is 0 Å². The predicted molar refractivity (Wildman–Crippen MR) is 143 cm³/mol. The van der Waals surface area contributed by atoms with Crippen LogP contribution < -0.4 is 15.6 Å². The zero-order chi connectivity index (χ0) is 25.7. The lowest BCUT2D eigenvalue weighted by atomic mass is 9.88. The van der Waals surface area contributed by atoms with Gasteiger partial charge in [0.15, 0.2) is 0 Å². The van der Waals surface area contributed by atoms with Crippen LogP contribution >= 0.6 is 0 Å². The van der Waals surface area contributed by atoms with Gasteiger partial charge >= 0.3 is 0 Å². The molecule has 0 saturated heterocycles. The summed E-state index contributed by atoms with van der Waals surface area (Å²) < 4.78 is 0. The van der Waals surface area contributed by atoms with Gasteiger partial charge in [-0.3, -0.25) is 14.4 Å². The Labute approximate surface area is 215 Å². The zero-order valence-corrected chi connectivity index (χ0v) is 22.1. The van der Waals surface area contributed by atoms with Crippen LogP contribution in [0.4, 0.5) is 5.69 Å². The number of hydrogen-bond acceptors (Lipinski definition) is 4. The highest BCUT2D eigenvalue weighted by molar-refractivity contribution is 6.14. The summed E-state index contributed by atoms with van der Waals surface area (Å²) in [7, 11) is 0. The van der Waals surface area contributed by atoms with Gasteiger partial charge in [0.1, 0.15) is 0 Å². The minimum Gasteiger partial charge on any atom is -0.353 e. The van der Waals surface area contributed by atoms with Gasteiger partial charge in [-0.2, -0.15) is 5.10 Å². The van der Waals surface area contributed by atoms with E-state index < -0.39 is 0 Å². The fraction of sp³-hybridized carbons (Fsp3) is 0.655. The van der Waals surface area contributed by atoms with Gasteiger partial charge in [-0.25, -0.2) is 5.01 Å². The fourth-order valence-electron chi connectivity index (χ4n) is 5.54. The molecule has 0 radical (unpaired) electrons. The Morgan fingerprint density at radius 1 is 0.861 bits per heavy atom. The van der Waals surface area contributed by atoms with Gasteiger partial charge in [0, 0.05) is 29.0 Å². The Morgan fingerprint density at radius 2 is 1.47 bits per heavy atom. The first-order valence-electron chi connectivity index (χ1n) is 13.8. The van der Waals surface area contributed by atoms with Crippen LogP contribution in [-0.2, 0) is 9.59 Å². The van der Waals surface area contributed by atoms with E-state index in [1.165, 1.54) is 30.7 Å². The van der Waals surface area contributed by atoms with Gasteiger partial charge in [0.2, 0.25) is 5.91 Å². The summed E-state index contributed by atoms with van der Waals surface area (Å²) in [6, 6.07) is 7.34. The van der Waals surface area contributed by atoms with Gasteiger partial charge in [0.25, 0.3) is 11.8 Å². The topological polar surface area (TPSA) is 90.9 Å². The number of benzene rings is 1. The monoisotopic (exact) mass is 494 g/mol. The van der Waals surface area contributed by atoms with Crippen LogP contribution in [-0.4, -0.2) is 35.5 Å². The molecule has 4 rings (SSSR count). The van der Waals surface area contributed by atoms with E-state index in [0.717, 1.165) is 44.2 Å². The Bertz CT molecular complexity index is 971. The van der Waals surface area contributed by atoms with E-state index in [9.17, 15) is 14.4 Å². The number of nitrogens with zero attached hydrogens (tertiary/aromatic N) is 2. The molecule has 2 aliphatic carbocycles. The maximum absolute atomic E-state index is 13.0. The first kappa shape index (κ1) is 26.4. The summed E-state index contributed by atoms with van der Waals surface area (Å²) in [6.45, 7) is 6.15. The lowest BCUT2D eigenvalue weighted by Gasteiger charge is -2.24. The summed E-state index contributed by atoms with van der Waals surface area (Å²) in [4.78, 5) is 38.5. The lowest BCUT2D eigenvalue weighted by molar-refractivity contribution is -0.126. The molecular weight excluding hydrogens is 452 g/mol. The van der Waals surface area contributed by atoms with Crippen molar-refractivity contribution in [3.8, 4) is 0 Å². The van der Waals surface area contributed by atoms with E-state index in [1.807, 2.05) is 0 Å². The van der Waals surface area contributed by atoms with Crippen molar-refractivity contribution in [2.75, 3.05) is 5.01 Å². The normalized spacial score (nSPS) is 24.0. The number of carbonyl (C=O) groups is 3. The van der Waals surface area contributed by atoms with Crippen molar-refractivity contribution in [1.82, 2.24) is 10.6 Å². The highest BCUT2D eigenvalue weighted by atomic mass is 16.2. The van der Waals surface area contributed by atoms with Gasteiger partial charge in [0.05, 0.1) is 17.8 Å². The van der Waals surface area contributed by atoms with Crippen LogP contribution in [0.5, 0.6) is 0 Å².